The van der Waals surface area contributed by atoms with E-state index in [1.165, 1.54) is 89.9 Å². The van der Waals surface area contributed by atoms with Gasteiger partial charge in [-0.2, -0.15) is 0 Å². The van der Waals surface area contributed by atoms with E-state index in [1.54, 1.807) is 0 Å². The standard InChI is InChI=1S/C55H94O6/c1-4-7-10-13-16-19-22-25-27-30-33-36-39-42-45-48-54(57)60-51-52(50-59-53(56)47-44-41-38-35-32-29-24-21-18-15-12-9-6-3)61-55(58)49-46-43-40-37-34-31-28-26-23-20-17-14-11-8-5-2/h7,10,16-17,19-20,25-28,33,36,52H,4-6,8-9,11-15,18,21-24,29-32,34-35,37-51H2,1-3H3/b10-7-,19-16-,20-17-,27-25-,28-26-,36-33-/t52-/m0/s1. The van der Waals surface area contributed by atoms with E-state index in [1.807, 2.05) is 0 Å². The predicted molar refractivity (Wildman–Crippen MR) is 261 cm³/mol. The lowest BCUT2D eigenvalue weighted by atomic mass is 10.0. The fraction of sp³-hybridized carbons (Fsp3) is 0.727. The van der Waals surface area contributed by atoms with Crippen molar-refractivity contribution >= 4 is 17.9 Å². The first-order valence-electron chi connectivity index (χ1n) is 25.4. The van der Waals surface area contributed by atoms with Crippen molar-refractivity contribution in [1.82, 2.24) is 0 Å². The van der Waals surface area contributed by atoms with Crippen molar-refractivity contribution in [3.63, 3.8) is 0 Å². The first kappa shape index (κ1) is 57.9. The number of rotatable bonds is 45. The Labute approximate surface area is 376 Å². The Morgan fingerprint density at radius 1 is 0.344 bits per heavy atom. The van der Waals surface area contributed by atoms with E-state index < -0.39 is 6.10 Å². The normalized spacial score (nSPS) is 12.6. The van der Waals surface area contributed by atoms with Gasteiger partial charge in [-0.1, -0.05) is 203 Å². The summed E-state index contributed by atoms with van der Waals surface area (Å²) in [5, 5.41) is 0. The van der Waals surface area contributed by atoms with Crippen molar-refractivity contribution in [3.05, 3.63) is 72.9 Å². The summed E-state index contributed by atoms with van der Waals surface area (Å²) in [4.78, 5) is 37.9. The largest absolute Gasteiger partial charge is 0.462 e. The fourth-order valence-electron chi connectivity index (χ4n) is 6.87. The average molecular weight is 851 g/mol. The molecule has 0 heterocycles. The highest BCUT2D eigenvalue weighted by Gasteiger charge is 2.19. The number of hydrogen-bond donors (Lipinski definition) is 0. The van der Waals surface area contributed by atoms with Gasteiger partial charge in [0.05, 0.1) is 0 Å². The molecule has 0 aliphatic rings. The Morgan fingerprint density at radius 2 is 0.639 bits per heavy atom. The minimum absolute atomic E-state index is 0.0930. The van der Waals surface area contributed by atoms with Gasteiger partial charge in [-0.25, -0.2) is 0 Å². The number of carbonyl (C=O) groups excluding carboxylic acids is 3. The molecule has 0 fully saturated rings. The Morgan fingerprint density at radius 3 is 1.07 bits per heavy atom. The van der Waals surface area contributed by atoms with E-state index in [0.717, 1.165) is 109 Å². The molecular formula is C55H94O6. The van der Waals surface area contributed by atoms with Gasteiger partial charge >= 0.3 is 17.9 Å². The van der Waals surface area contributed by atoms with Crippen molar-refractivity contribution in [3.8, 4) is 0 Å². The third-order valence-corrected chi connectivity index (χ3v) is 10.7. The van der Waals surface area contributed by atoms with E-state index in [9.17, 15) is 14.4 Å². The van der Waals surface area contributed by atoms with Crippen LogP contribution in [-0.4, -0.2) is 37.2 Å². The molecule has 0 aliphatic heterocycles. The van der Waals surface area contributed by atoms with Crippen LogP contribution in [0.25, 0.3) is 0 Å². The minimum Gasteiger partial charge on any atom is -0.462 e. The van der Waals surface area contributed by atoms with E-state index in [0.29, 0.717) is 19.3 Å². The Bertz CT molecular complexity index is 1160. The zero-order valence-corrected chi connectivity index (χ0v) is 39.9. The summed E-state index contributed by atoms with van der Waals surface area (Å²) in [6.45, 7) is 6.45. The average Bonchev–Trinajstić information content (AvgIpc) is 3.26. The van der Waals surface area contributed by atoms with Gasteiger partial charge in [-0.15, -0.1) is 0 Å². The number of hydrogen-bond acceptors (Lipinski definition) is 6. The molecule has 0 bridgehead atoms. The lowest BCUT2D eigenvalue weighted by Gasteiger charge is -2.18. The highest BCUT2D eigenvalue weighted by molar-refractivity contribution is 5.71. The van der Waals surface area contributed by atoms with Gasteiger partial charge in [0.15, 0.2) is 6.10 Å². The van der Waals surface area contributed by atoms with Crippen LogP contribution >= 0.6 is 0 Å². The zero-order chi connectivity index (χ0) is 44.4. The Balaban J connectivity index is 4.47. The van der Waals surface area contributed by atoms with Crippen molar-refractivity contribution in [2.75, 3.05) is 13.2 Å². The van der Waals surface area contributed by atoms with Crippen molar-refractivity contribution in [1.29, 1.82) is 0 Å². The maximum absolute atomic E-state index is 12.8. The summed E-state index contributed by atoms with van der Waals surface area (Å²) in [6, 6.07) is 0. The highest BCUT2D eigenvalue weighted by atomic mass is 16.6. The van der Waals surface area contributed by atoms with Crippen LogP contribution in [0.3, 0.4) is 0 Å². The van der Waals surface area contributed by atoms with E-state index >= 15 is 0 Å². The second-order valence-electron chi connectivity index (χ2n) is 16.7. The molecule has 0 amide bonds. The molecule has 0 N–H and O–H groups in total. The fourth-order valence-corrected chi connectivity index (χ4v) is 6.87. The van der Waals surface area contributed by atoms with Gasteiger partial charge < -0.3 is 14.2 Å². The molecule has 0 spiro atoms. The summed E-state index contributed by atoms with van der Waals surface area (Å²) < 4.78 is 16.7. The summed E-state index contributed by atoms with van der Waals surface area (Å²) in [7, 11) is 0. The maximum Gasteiger partial charge on any atom is 0.306 e. The predicted octanol–water partition coefficient (Wildman–Crippen LogP) is 16.6. The minimum atomic E-state index is -0.797. The van der Waals surface area contributed by atoms with Crippen LogP contribution in [0, 0.1) is 0 Å². The molecule has 6 nitrogen and oxygen atoms in total. The van der Waals surface area contributed by atoms with Crippen LogP contribution in [0.1, 0.15) is 239 Å². The number of unbranched alkanes of at least 4 members (excludes halogenated alkanes) is 22. The number of ether oxygens (including phenoxy) is 3. The molecule has 0 saturated heterocycles. The van der Waals surface area contributed by atoms with Gasteiger partial charge in [0.25, 0.3) is 0 Å². The van der Waals surface area contributed by atoms with Crippen molar-refractivity contribution in [2.24, 2.45) is 0 Å². The summed E-state index contributed by atoms with van der Waals surface area (Å²) >= 11 is 0. The third kappa shape index (κ3) is 47.7. The molecule has 0 aromatic rings. The summed E-state index contributed by atoms with van der Waals surface area (Å²) in [5.41, 5.74) is 0. The van der Waals surface area contributed by atoms with Crippen molar-refractivity contribution < 1.29 is 28.6 Å². The van der Waals surface area contributed by atoms with Gasteiger partial charge in [0.2, 0.25) is 0 Å². The number of allylic oxidation sites excluding steroid dienone is 12. The molecule has 0 aliphatic carbocycles. The van der Waals surface area contributed by atoms with E-state index in [4.69, 9.17) is 14.2 Å². The van der Waals surface area contributed by atoms with Gasteiger partial charge in [-0.3, -0.25) is 14.4 Å². The smallest absolute Gasteiger partial charge is 0.306 e. The van der Waals surface area contributed by atoms with Crippen LogP contribution < -0.4 is 0 Å². The monoisotopic (exact) mass is 851 g/mol. The third-order valence-electron chi connectivity index (χ3n) is 10.7. The molecule has 0 saturated carbocycles. The first-order chi connectivity index (χ1) is 30.0. The van der Waals surface area contributed by atoms with Crippen LogP contribution in [0.4, 0.5) is 0 Å². The lowest BCUT2D eigenvalue weighted by molar-refractivity contribution is -0.167. The number of esters is 3. The van der Waals surface area contributed by atoms with Gasteiger partial charge in [0.1, 0.15) is 13.2 Å². The zero-order valence-electron chi connectivity index (χ0n) is 39.9. The SMILES string of the molecule is CC/C=C\C/C=C\C/C=C\C/C=C\CCCCC(=O)OC[C@H](COC(=O)CCCCCCCCCCCCCCC)OC(=O)CCCCCCC/C=C\C/C=C\CCCCC. The summed E-state index contributed by atoms with van der Waals surface area (Å²) in [6.07, 6.45) is 61.7. The maximum atomic E-state index is 12.8. The van der Waals surface area contributed by atoms with Crippen LogP contribution in [0.5, 0.6) is 0 Å². The quantitative estimate of drug-likeness (QED) is 0.0263. The molecule has 0 aromatic heterocycles. The molecule has 350 valence electrons. The molecule has 0 aromatic carbocycles. The van der Waals surface area contributed by atoms with Crippen molar-refractivity contribution in [2.45, 2.75) is 245 Å². The molecular weight excluding hydrogens is 757 g/mol. The second-order valence-corrected chi connectivity index (χ2v) is 16.7. The molecule has 0 radical (unpaired) electrons. The topological polar surface area (TPSA) is 78.9 Å². The van der Waals surface area contributed by atoms with E-state index in [-0.39, 0.29) is 31.1 Å². The van der Waals surface area contributed by atoms with Gasteiger partial charge in [-0.05, 0) is 89.9 Å². The second kappa shape index (κ2) is 49.5. The molecule has 0 unspecified atom stereocenters. The first-order valence-corrected chi connectivity index (χ1v) is 25.4. The molecule has 0 rings (SSSR count). The van der Waals surface area contributed by atoms with E-state index in [2.05, 4.69) is 93.7 Å². The Kier molecular flexibility index (Phi) is 46.9. The molecule has 61 heavy (non-hydrogen) atoms. The van der Waals surface area contributed by atoms with Crippen LogP contribution in [-0.2, 0) is 28.6 Å². The number of carbonyl (C=O) groups is 3. The van der Waals surface area contributed by atoms with Crippen LogP contribution in [0.15, 0.2) is 72.9 Å². The molecule has 1 atom stereocenters. The van der Waals surface area contributed by atoms with Gasteiger partial charge in [0, 0.05) is 19.3 Å². The summed E-state index contributed by atoms with van der Waals surface area (Å²) in [5.74, 6) is -0.949. The highest BCUT2D eigenvalue weighted by Crippen LogP contribution is 2.14. The molecule has 6 heteroatoms. The Hall–Kier alpha value is -3.15. The van der Waals surface area contributed by atoms with Crippen LogP contribution in [0.2, 0.25) is 0 Å². The lowest BCUT2D eigenvalue weighted by Crippen LogP contribution is -2.30.